The van der Waals surface area contributed by atoms with E-state index in [1.807, 2.05) is 30.3 Å². The number of rotatable bonds is 6. The van der Waals surface area contributed by atoms with Crippen molar-refractivity contribution in [2.24, 2.45) is 0 Å². The lowest BCUT2D eigenvalue weighted by Crippen LogP contribution is -2.55. The Kier molecular flexibility index (Phi) is 6.50. The summed E-state index contributed by atoms with van der Waals surface area (Å²) in [5, 5.41) is 5.93. The molecule has 1 aromatic carbocycles. The zero-order chi connectivity index (χ0) is 19.1. The van der Waals surface area contributed by atoms with E-state index in [1.54, 1.807) is 0 Å². The quantitative estimate of drug-likeness (QED) is 0.584. The molecule has 0 aliphatic heterocycles. The summed E-state index contributed by atoms with van der Waals surface area (Å²) in [4.78, 5) is 28.6. The zero-order valence-electron chi connectivity index (χ0n) is 15.2. The molecular weight excluding hydrogens is 366 g/mol. The maximum atomic E-state index is 12.5. The molecule has 3 rings (SSSR count). The number of nitrogens with zero attached hydrogens (tertiary/aromatic N) is 1. The number of carbonyl (C=O) groups excluding carboxylic acids is 2. The number of halogens is 1. The second-order valence-corrected chi connectivity index (χ2v) is 7.22. The van der Waals surface area contributed by atoms with Gasteiger partial charge >= 0.3 is 0 Å². The number of oxazole rings is 1. The van der Waals surface area contributed by atoms with E-state index in [-0.39, 0.29) is 23.5 Å². The molecule has 2 N–H and O–H groups in total. The van der Waals surface area contributed by atoms with Crippen LogP contribution in [0.4, 0.5) is 0 Å². The topological polar surface area (TPSA) is 84.2 Å². The molecule has 1 aromatic heterocycles. The number of hydrogen-bond acceptors (Lipinski definition) is 4. The molecule has 0 spiro atoms. The normalized spacial score (nSPS) is 16.3. The van der Waals surface area contributed by atoms with E-state index in [9.17, 15) is 9.59 Å². The lowest BCUT2D eigenvalue weighted by molar-refractivity contribution is -0.120. The molecule has 0 atom stereocenters. The van der Waals surface area contributed by atoms with Crippen LogP contribution in [0.15, 0.2) is 40.9 Å². The lowest BCUT2D eigenvalue weighted by Gasteiger charge is -2.34. The SMILES string of the molecule is O=C(CCl)NC1(CNC(=O)c2cnc(-c3ccccc3)o2)CCCCCC1. The summed E-state index contributed by atoms with van der Waals surface area (Å²) in [7, 11) is 0. The molecule has 1 aliphatic carbocycles. The summed E-state index contributed by atoms with van der Waals surface area (Å²) in [5.41, 5.74) is 0.353. The van der Waals surface area contributed by atoms with Crippen molar-refractivity contribution in [1.82, 2.24) is 15.6 Å². The van der Waals surface area contributed by atoms with Crippen molar-refractivity contribution in [2.75, 3.05) is 12.4 Å². The van der Waals surface area contributed by atoms with E-state index in [0.29, 0.717) is 12.4 Å². The van der Waals surface area contributed by atoms with Gasteiger partial charge in [-0.25, -0.2) is 4.98 Å². The molecule has 0 bridgehead atoms. The smallest absolute Gasteiger partial charge is 0.288 e. The first kappa shape index (κ1) is 19.4. The predicted octanol–water partition coefficient (Wildman–Crippen LogP) is 3.52. The monoisotopic (exact) mass is 389 g/mol. The maximum Gasteiger partial charge on any atom is 0.288 e. The Balaban J connectivity index is 1.67. The number of nitrogens with one attached hydrogen (secondary N) is 2. The van der Waals surface area contributed by atoms with Gasteiger partial charge in [-0.15, -0.1) is 11.6 Å². The van der Waals surface area contributed by atoms with Gasteiger partial charge in [-0.3, -0.25) is 9.59 Å². The molecule has 144 valence electrons. The lowest BCUT2D eigenvalue weighted by atomic mass is 9.89. The van der Waals surface area contributed by atoms with E-state index in [2.05, 4.69) is 15.6 Å². The van der Waals surface area contributed by atoms with Crippen molar-refractivity contribution in [3.05, 3.63) is 42.3 Å². The number of alkyl halides is 1. The Morgan fingerprint density at radius 3 is 2.48 bits per heavy atom. The van der Waals surface area contributed by atoms with Gasteiger partial charge < -0.3 is 15.1 Å². The first-order valence-corrected chi connectivity index (χ1v) is 9.82. The van der Waals surface area contributed by atoms with Crippen LogP contribution in [0.25, 0.3) is 11.5 Å². The van der Waals surface area contributed by atoms with E-state index in [4.69, 9.17) is 16.0 Å². The second-order valence-electron chi connectivity index (χ2n) is 6.95. The summed E-state index contributed by atoms with van der Waals surface area (Å²) in [6.45, 7) is 0.343. The molecule has 1 heterocycles. The standard InChI is InChI=1S/C20H24ClN3O3/c21-12-17(25)24-20(10-6-1-2-7-11-20)14-23-18(26)16-13-22-19(27-16)15-8-4-3-5-9-15/h3-5,8-9,13H,1-2,6-7,10-12,14H2,(H,23,26)(H,24,25). The van der Waals surface area contributed by atoms with Crippen molar-refractivity contribution in [2.45, 2.75) is 44.1 Å². The van der Waals surface area contributed by atoms with Gasteiger partial charge in [0.05, 0.1) is 11.7 Å². The molecule has 0 radical (unpaired) electrons. The second kappa shape index (κ2) is 9.04. The summed E-state index contributed by atoms with van der Waals surface area (Å²) < 4.78 is 5.60. The fourth-order valence-corrected chi connectivity index (χ4v) is 3.58. The third kappa shape index (κ3) is 5.10. The third-order valence-corrected chi connectivity index (χ3v) is 5.17. The zero-order valence-corrected chi connectivity index (χ0v) is 15.9. The highest BCUT2D eigenvalue weighted by Gasteiger charge is 2.33. The van der Waals surface area contributed by atoms with Crippen molar-refractivity contribution < 1.29 is 14.0 Å². The number of benzene rings is 1. The van der Waals surface area contributed by atoms with Crippen molar-refractivity contribution in [3.8, 4) is 11.5 Å². The van der Waals surface area contributed by atoms with Crippen LogP contribution in [-0.4, -0.2) is 34.8 Å². The summed E-state index contributed by atoms with van der Waals surface area (Å²) in [6, 6.07) is 9.41. The first-order chi connectivity index (χ1) is 13.1. The van der Waals surface area contributed by atoms with Gasteiger partial charge in [0.1, 0.15) is 5.88 Å². The van der Waals surface area contributed by atoms with Crippen LogP contribution < -0.4 is 10.6 Å². The Morgan fingerprint density at radius 1 is 1.11 bits per heavy atom. The average Bonchev–Trinajstić information content (AvgIpc) is 3.09. The van der Waals surface area contributed by atoms with Crippen molar-refractivity contribution >= 4 is 23.4 Å². The molecule has 7 heteroatoms. The predicted molar refractivity (Wildman–Crippen MR) is 104 cm³/mol. The van der Waals surface area contributed by atoms with Crippen LogP contribution in [0.5, 0.6) is 0 Å². The van der Waals surface area contributed by atoms with Gasteiger partial charge in [0, 0.05) is 12.1 Å². The summed E-state index contributed by atoms with van der Waals surface area (Å²) >= 11 is 5.67. The van der Waals surface area contributed by atoms with Crippen molar-refractivity contribution in [3.63, 3.8) is 0 Å². The fourth-order valence-electron chi connectivity index (χ4n) is 3.51. The molecule has 2 amide bonds. The molecule has 2 aromatic rings. The van der Waals surface area contributed by atoms with E-state index in [1.165, 1.54) is 6.20 Å². The highest BCUT2D eigenvalue weighted by molar-refractivity contribution is 6.27. The molecule has 1 fully saturated rings. The molecule has 1 saturated carbocycles. The Hall–Kier alpha value is -2.34. The van der Waals surface area contributed by atoms with Gasteiger partial charge in [-0.2, -0.15) is 0 Å². The first-order valence-electron chi connectivity index (χ1n) is 9.28. The largest absolute Gasteiger partial charge is 0.431 e. The number of amides is 2. The average molecular weight is 390 g/mol. The van der Waals surface area contributed by atoms with Crippen LogP contribution in [0.1, 0.15) is 49.1 Å². The van der Waals surface area contributed by atoms with Crippen LogP contribution >= 0.6 is 11.6 Å². The molecular formula is C20H24ClN3O3. The van der Waals surface area contributed by atoms with E-state index >= 15 is 0 Å². The van der Waals surface area contributed by atoms with E-state index in [0.717, 1.165) is 44.1 Å². The molecule has 27 heavy (non-hydrogen) atoms. The molecule has 6 nitrogen and oxygen atoms in total. The van der Waals surface area contributed by atoms with Gasteiger partial charge in [0.25, 0.3) is 5.91 Å². The summed E-state index contributed by atoms with van der Waals surface area (Å²) in [5.74, 6) is -0.0768. The minimum absolute atomic E-state index is 0.0851. The summed E-state index contributed by atoms with van der Waals surface area (Å²) in [6.07, 6.45) is 7.36. The van der Waals surface area contributed by atoms with Gasteiger partial charge in [0.2, 0.25) is 17.6 Å². The highest BCUT2D eigenvalue weighted by atomic mass is 35.5. The highest BCUT2D eigenvalue weighted by Crippen LogP contribution is 2.27. The Morgan fingerprint density at radius 2 is 1.81 bits per heavy atom. The minimum Gasteiger partial charge on any atom is -0.431 e. The number of aromatic nitrogens is 1. The van der Waals surface area contributed by atoms with Crippen LogP contribution in [0.3, 0.4) is 0 Å². The minimum atomic E-state index is -0.458. The van der Waals surface area contributed by atoms with Gasteiger partial charge in [-0.05, 0) is 25.0 Å². The molecule has 0 saturated heterocycles. The number of carbonyl (C=O) groups is 2. The van der Waals surface area contributed by atoms with Crippen LogP contribution in [-0.2, 0) is 4.79 Å². The van der Waals surface area contributed by atoms with Crippen LogP contribution in [0, 0.1) is 0 Å². The third-order valence-electron chi connectivity index (χ3n) is 4.92. The van der Waals surface area contributed by atoms with Gasteiger partial charge in [0.15, 0.2) is 0 Å². The molecule has 1 aliphatic rings. The van der Waals surface area contributed by atoms with Gasteiger partial charge in [-0.1, -0.05) is 43.9 Å². The Bertz CT molecular complexity index is 768. The fraction of sp³-hybridized carbons (Fsp3) is 0.450. The van der Waals surface area contributed by atoms with Crippen LogP contribution in [0.2, 0.25) is 0 Å². The van der Waals surface area contributed by atoms with E-state index < -0.39 is 5.54 Å². The Labute approximate surface area is 163 Å². The molecule has 0 unspecified atom stereocenters. The number of hydrogen-bond donors (Lipinski definition) is 2. The maximum absolute atomic E-state index is 12.5. The van der Waals surface area contributed by atoms with Crippen molar-refractivity contribution in [1.29, 1.82) is 0 Å².